The molecule has 5 nitrogen and oxygen atoms in total. The van der Waals surface area contributed by atoms with Crippen LogP contribution in [0.25, 0.3) is 0 Å². The Labute approximate surface area is 100 Å². The zero-order valence-electron chi connectivity index (χ0n) is 9.67. The predicted molar refractivity (Wildman–Crippen MR) is 64.5 cm³/mol. The minimum Gasteiger partial charge on any atom is -0.481 e. The second-order valence-corrected chi connectivity index (χ2v) is 6.07. The van der Waals surface area contributed by atoms with Gasteiger partial charge < -0.3 is 10.8 Å². The van der Waals surface area contributed by atoms with Gasteiger partial charge in [0, 0.05) is 6.26 Å². The molecule has 0 bridgehead atoms. The van der Waals surface area contributed by atoms with Gasteiger partial charge in [-0.3, -0.25) is 4.79 Å². The highest BCUT2D eigenvalue weighted by Crippen LogP contribution is 2.21. The molecule has 0 aliphatic rings. The van der Waals surface area contributed by atoms with Crippen LogP contribution in [0.15, 0.2) is 23.1 Å². The van der Waals surface area contributed by atoms with Gasteiger partial charge in [-0.05, 0) is 24.1 Å². The van der Waals surface area contributed by atoms with E-state index in [0.717, 1.165) is 6.26 Å². The lowest BCUT2D eigenvalue weighted by atomic mass is 10.0. The lowest BCUT2D eigenvalue weighted by Gasteiger charge is -2.09. The number of sulfone groups is 1. The van der Waals surface area contributed by atoms with Crippen molar-refractivity contribution in [1.29, 1.82) is 0 Å². The molecule has 1 aromatic carbocycles. The summed E-state index contributed by atoms with van der Waals surface area (Å²) in [5, 5.41) is 8.78. The first-order chi connectivity index (χ1) is 7.71. The van der Waals surface area contributed by atoms with E-state index in [1.165, 1.54) is 12.1 Å². The highest BCUT2D eigenvalue weighted by molar-refractivity contribution is 7.90. The topological polar surface area (TPSA) is 97.5 Å². The standard InChI is InChI=1S/C11H15NO4S/c1-7(11(13)14)5-8-3-4-9(12)10(6-8)17(2,15)16/h3-4,6-7H,5,12H2,1-2H3,(H,13,14). The van der Waals surface area contributed by atoms with E-state index in [0.29, 0.717) is 5.56 Å². The van der Waals surface area contributed by atoms with Gasteiger partial charge in [0.05, 0.1) is 16.5 Å². The molecule has 0 heterocycles. The Bertz CT molecular complexity index is 536. The number of nitrogens with two attached hydrogens (primary N) is 1. The molecule has 94 valence electrons. The van der Waals surface area contributed by atoms with E-state index in [-0.39, 0.29) is 17.0 Å². The highest BCUT2D eigenvalue weighted by Gasteiger charge is 2.15. The first kappa shape index (κ1) is 13.5. The number of hydrogen-bond donors (Lipinski definition) is 2. The van der Waals surface area contributed by atoms with Crippen molar-refractivity contribution in [3.05, 3.63) is 23.8 Å². The maximum absolute atomic E-state index is 11.4. The van der Waals surface area contributed by atoms with E-state index in [2.05, 4.69) is 0 Å². The molecule has 0 radical (unpaired) electrons. The van der Waals surface area contributed by atoms with Crippen LogP contribution >= 0.6 is 0 Å². The third kappa shape index (κ3) is 3.45. The van der Waals surface area contributed by atoms with Crippen molar-refractivity contribution < 1.29 is 18.3 Å². The van der Waals surface area contributed by atoms with Gasteiger partial charge in [-0.25, -0.2) is 8.42 Å². The molecular formula is C11H15NO4S. The van der Waals surface area contributed by atoms with Crippen LogP contribution in [0, 0.1) is 5.92 Å². The molecule has 0 aliphatic carbocycles. The molecule has 0 amide bonds. The fourth-order valence-electron chi connectivity index (χ4n) is 1.47. The minimum absolute atomic E-state index is 0.0487. The van der Waals surface area contributed by atoms with Crippen molar-refractivity contribution in [2.75, 3.05) is 12.0 Å². The third-order valence-corrected chi connectivity index (χ3v) is 3.59. The molecule has 1 rings (SSSR count). The third-order valence-electron chi connectivity index (χ3n) is 2.44. The molecule has 0 aliphatic heterocycles. The predicted octanol–water partition coefficient (Wildman–Crippen LogP) is 0.936. The quantitative estimate of drug-likeness (QED) is 0.782. The molecule has 3 N–H and O–H groups in total. The zero-order chi connectivity index (χ0) is 13.2. The van der Waals surface area contributed by atoms with Gasteiger partial charge in [0.2, 0.25) is 0 Å². The molecule has 0 spiro atoms. The molecule has 1 atom stereocenters. The van der Waals surface area contributed by atoms with Crippen molar-refractivity contribution in [3.63, 3.8) is 0 Å². The lowest BCUT2D eigenvalue weighted by Crippen LogP contribution is -2.13. The number of anilines is 1. The first-order valence-corrected chi connectivity index (χ1v) is 6.92. The van der Waals surface area contributed by atoms with Crippen LogP contribution in [0.3, 0.4) is 0 Å². The summed E-state index contributed by atoms with van der Waals surface area (Å²) in [5.41, 5.74) is 6.40. The Balaban J connectivity index is 3.10. The molecule has 6 heteroatoms. The van der Waals surface area contributed by atoms with Crippen molar-refractivity contribution in [2.24, 2.45) is 5.92 Å². The second kappa shape index (κ2) is 4.75. The summed E-state index contributed by atoms with van der Waals surface area (Å²) in [6, 6.07) is 4.56. The van der Waals surface area contributed by atoms with Gasteiger partial charge in [0.1, 0.15) is 0 Å². The number of carboxylic acids is 1. The smallest absolute Gasteiger partial charge is 0.306 e. The molecule has 0 fully saturated rings. The molecule has 0 saturated heterocycles. The lowest BCUT2D eigenvalue weighted by molar-refractivity contribution is -0.141. The summed E-state index contributed by atoms with van der Waals surface area (Å²) in [6.07, 6.45) is 1.35. The second-order valence-electron chi connectivity index (χ2n) is 4.09. The minimum atomic E-state index is -3.38. The summed E-state index contributed by atoms with van der Waals surface area (Å²) in [4.78, 5) is 10.8. The van der Waals surface area contributed by atoms with Crippen LogP contribution in [0.1, 0.15) is 12.5 Å². The molecule has 0 saturated carbocycles. The Morgan fingerprint density at radius 3 is 2.53 bits per heavy atom. The van der Waals surface area contributed by atoms with E-state index in [1.54, 1.807) is 13.0 Å². The molecule has 17 heavy (non-hydrogen) atoms. The number of nitrogen functional groups attached to an aromatic ring is 1. The van der Waals surface area contributed by atoms with E-state index in [9.17, 15) is 13.2 Å². The van der Waals surface area contributed by atoms with Gasteiger partial charge in [-0.1, -0.05) is 13.0 Å². The average Bonchev–Trinajstić information content (AvgIpc) is 2.19. The average molecular weight is 257 g/mol. The summed E-state index contributed by atoms with van der Waals surface area (Å²) >= 11 is 0. The van der Waals surface area contributed by atoms with Crippen LogP contribution in [0.4, 0.5) is 5.69 Å². The van der Waals surface area contributed by atoms with E-state index >= 15 is 0 Å². The fraction of sp³-hybridized carbons (Fsp3) is 0.364. The summed E-state index contributed by atoms with van der Waals surface area (Å²) < 4.78 is 22.9. The van der Waals surface area contributed by atoms with Gasteiger partial charge in [0.15, 0.2) is 9.84 Å². The van der Waals surface area contributed by atoms with Crippen molar-refractivity contribution >= 4 is 21.5 Å². The first-order valence-electron chi connectivity index (χ1n) is 5.03. The summed E-state index contributed by atoms with van der Waals surface area (Å²) in [6.45, 7) is 1.57. The van der Waals surface area contributed by atoms with E-state index in [4.69, 9.17) is 10.8 Å². The van der Waals surface area contributed by atoms with Gasteiger partial charge >= 0.3 is 5.97 Å². The Kier molecular flexibility index (Phi) is 3.77. The summed E-state index contributed by atoms with van der Waals surface area (Å²) in [7, 11) is -3.38. The van der Waals surface area contributed by atoms with Crippen LogP contribution in [-0.4, -0.2) is 25.7 Å². The molecule has 0 aromatic heterocycles. The van der Waals surface area contributed by atoms with Crippen molar-refractivity contribution in [2.45, 2.75) is 18.2 Å². The van der Waals surface area contributed by atoms with Crippen molar-refractivity contribution in [3.8, 4) is 0 Å². The zero-order valence-corrected chi connectivity index (χ0v) is 10.5. The molecular weight excluding hydrogens is 242 g/mol. The van der Waals surface area contributed by atoms with Gasteiger partial charge in [-0.15, -0.1) is 0 Å². The maximum atomic E-state index is 11.4. The van der Waals surface area contributed by atoms with Crippen LogP contribution in [-0.2, 0) is 21.1 Å². The number of carboxylic acid groups (broad SMARTS) is 1. The number of carbonyl (C=O) groups is 1. The van der Waals surface area contributed by atoms with Crippen LogP contribution < -0.4 is 5.73 Å². The van der Waals surface area contributed by atoms with E-state index in [1.807, 2.05) is 0 Å². The van der Waals surface area contributed by atoms with Gasteiger partial charge in [-0.2, -0.15) is 0 Å². The highest BCUT2D eigenvalue weighted by atomic mass is 32.2. The fourth-order valence-corrected chi connectivity index (χ4v) is 2.33. The van der Waals surface area contributed by atoms with Crippen molar-refractivity contribution in [1.82, 2.24) is 0 Å². The Hall–Kier alpha value is -1.56. The number of aliphatic carboxylic acids is 1. The Morgan fingerprint density at radius 1 is 1.47 bits per heavy atom. The van der Waals surface area contributed by atoms with Crippen LogP contribution in [0.5, 0.6) is 0 Å². The molecule has 1 unspecified atom stereocenters. The maximum Gasteiger partial charge on any atom is 0.306 e. The number of rotatable bonds is 4. The Morgan fingerprint density at radius 2 is 2.06 bits per heavy atom. The normalized spacial score (nSPS) is 13.3. The number of hydrogen-bond acceptors (Lipinski definition) is 4. The van der Waals surface area contributed by atoms with E-state index < -0.39 is 21.7 Å². The van der Waals surface area contributed by atoms with Crippen LogP contribution in [0.2, 0.25) is 0 Å². The summed E-state index contributed by atoms with van der Waals surface area (Å²) in [5.74, 6) is -1.48. The monoisotopic (exact) mass is 257 g/mol. The van der Waals surface area contributed by atoms with Gasteiger partial charge in [0.25, 0.3) is 0 Å². The largest absolute Gasteiger partial charge is 0.481 e. The SMILES string of the molecule is CC(Cc1ccc(N)c(S(C)(=O)=O)c1)C(=O)O. The molecule has 1 aromatic rings. The number of benzene rings is 1.